The van der Waals surface area contributed by atoms with E-state index in [0.717, 1.165) is 29.0 Å². The molecule has 0 radical (unpaired) electrons. The van der Waals surface area contributed by atoms with Gasteiger partial charge in [0.2, 0.25) is 0 Å². The Kier molecular flexibility index (Phi) is 4.38. The van der Waals surface area contributed by atoms with Crippen LogP contribution in [0.3, 0.4) is 0 Å². The number of hydrogen-bond acceptors (Lipinski definition) is 3. The number of aromatic amines is 1. The largest absolute Gasteiger partial charge is 0.340 e. The molecule has 1 aromatic carbocycles. The third-order valence-electron chi connectivity index (χ3n) is 4.44. The van der Waals surface area contributed by atoms with E-state index in [-0.39, 0.29) is 17.9 Å². The summed E-state index contributed by atoms with van der Waals surface area (Å²) in [5.41, 5.74) is 3.27. The maximum atomic E-state index is 12.7. The Morgan fingerprint density at radius 1 is 1.38 bits per heavy atom. The Labute approximate surface area is 141 Å². The van der Waals surface area contributed by atoms with Crippen molar-refractivity contribution in [3.63, 3.8) is 0 Å². The molecule has 0 fully saturated rings. The van der Waals surface area contributed by atoms with Crippen LogP contribution < -0.4 is 5.32 Å². The van der Waals surface area contributed by atoms with Crippen molar-refractivity contribution in [3.8, 4) is 0 Å². The summed E-state index contributed by atoms with van der Waals surface area (Å²) in [6.07, 6.45) is 0.937. The predicted molar refractivity (Wildman–Crippen MR) is 93.7 cm³/mol. The maximum absolute atomic E-state index is 12.7. The number of amides is 1. The summed E-state index contributed by atoms with van der Waals surface area (Å²) >= 11 is 0. The summed E-state index contributed by atoms with van der Waals surface area (Å²) in [6.45, 7) is 6.11. The zero-order valence-corrected chi connectivity index (χ0v) is 14.5. The van der Waals surface area contributed by atoms with Gasteiger partial charge in [0.1, 0.15) is 11.5 Å². The first-order valence-corrected chi connectivity index (χ1v) is 8.25. The van der Waals surface area contributed by atoms with E-state index in [1.807, 2.05) is 31.2 Å². The first-order valence-electron chi connectivity index (χ1n) is 8.25. The summed E-state index contributed by atoms with van der Waals surface area (Å²) in [5, 5.41) is 7.37. The van der Waals surface area contributed by atoms with Crippen molar-refractivity contribution in [2.45, 2.75) is 33.2 Å². The molecule has 1 amide bonds. The van der Waals surface area contributed by atoms with Crippen LogP contribution in [0.15, 0.2) is 30.3 Å². The molecule has 0 unspecified atom stereocenters. The van der Waals surface area contributed by atoms with Gasteiger partial charge in [-0.25, -0.2) is 4.98 Å². The number of imidazole rings is 1. The number of H-pyrrole nitrogens is 1. The van der Waals surface area contributed by atoms with Gasteiger partial charge in [0, 0.05) is 7.05 Å². The molecule has 0 aliphatic rings. The van der Waals surface area contributed by atoms with Crippen LogP contribution in [-0.4, -0.2) is 25.7 Å². The number of fused-ring (bicyclic) bond motifs is 1. The van der Waals surface area contributed by atoms with E-state index in [1.54, 1.807) is 17.8 Å². The van der Waals surface area contributed by atoms with E-state index >= 15 is 0 Å². The Morgan fingerprint density at radius 3 is 2.75 bits per heavy atom. The van der Waals surface area contributed by atoms with Crippen molar-refractivity contribution < 1.29 is 4.79 Å². The predicted octanol–water partition coefficient (Wildman–Crippen LogP) is 3.12. The number of rotatable bonds is 5. The average Bonchev–Trinajstić information content (AvgIpc) is 3.14. The van der Waals surface area contributed by atoms with Crippen molar-refractivity contribution >= 4 is 16.9 Å². The Bertz CT molecular complexity index is 830. The molecule has 6 heteroatoms. The summed E-state index contributed by atoms with van der Waals surface area (Å²) in [4.78, 5) is 20.7. The minimum absolute atomic E-state index is 0.135. The molecule has 24 heavy (non-hydrogen) atoms. The molecule has 2 N–H and O–H groups in total. The molecule has 3 aromatic rings. The van der Waals surface area contributed by atoms with Crippen LogP contribution in [-0.2, 0) is 7.05 Å². The van der Waals surface area contributed by atoms with E-state index in [1.165, 1.54) is 0 Å². The highest BCUT2D eigenvalue weighted by Crippen LogP contribution is 2.25. The number of carbonyl (C=O) groups excluding carboxylic acids is 1. The summed E-state index contributed by atoms with van der Waals surface area (Å²) in [7, 11) is 1.78. The normalized spacial score (nSPS) is 13.8. The first-order chi connectivity index (χ1) is 11.5. The highest BCUT2D eigenvalue weighted by Gasteiger charge is 2.25. The molecule has 0 spiro atoms. The van der Waals surface area contributed by atoms with Crippen molar-refractivity contribution in [1.82, 2.24) is 25.1 Å². The van der Waals surface area contributed by atoms with Crippen LogP contribution in [0, 0.1) is 12.8 Å². The summed E-state index contributed by atoms with van der Waals surface area (Å²) < 4.78 is 1.61. The molecule has 2 atom stereocenters. The lowest BCUT2D eigenvalue weighted by atomic mass is 9.98. The second-order valence-electron chi connectivity index (χ2n) is 6.27. The van der Waals surface area contributed by atoms with E-state index < -0.39 is 0 Å². The van der Waals surface area contributed by atoms with Gasteiger partial charge >= 0.3 is 0 Å². The number of nitrogens with one attached hydrogen (secondary N) is 2. The van der Waals surface area contributed by atoms with Crippen LogP contribution in [0.2, 0.25) is 0 Å². The van der Waals surface area contributed by atoms with Gasteiger partial charge in [-0.2, -0.15) is 5.10 Å². The number of nitrogens with zero attached hydrogens (tertiary/aromatic N) is 3. The monoisotopic (exact) mass is 325 g/mol. The van der Waals surface area contributed by atoms with Crippen LogP contribution >= 0.6 is 0 Å². The minimum atomic E-state index is -0.176. The molecule has 2 heterocycles. The molecular weight excluding hydrogens is 302 g/mol. The molecule has 6 nitrogen and oxygen atoms in total. The number of aromatic nitrogens is 4. The van der Waals surface area contributed by atoms with Crippen molar-refractivity contribution in [3.05, 3.63) is 47.5 Å². The molecule has 3 rings (SSSR count). The van der Waals surface area contributed by atoms with E-state index in [2.05, 4.69) is 34.2 Å². The number of carbonyl (C=O) groups is 1. The van der Waals surface area contributed by atoms with Crippen molar-refractivity contribution in [2.75, 3.05) is 0 Å². The average molecular weight is 325 g/mol. The fraction of sp³-hybridized carbons (Fsp3) is 0.389. The maximum Gasteiger partial charge on any atom is 0.270 e. The van der Waals surface area contributed by atoms with Crippen LogP contribution in [0.4, 0.5) is 0 Å². The topological polar surface area (TPSA) is 75.6 Å². The van der Waals surface area contributed by atoms with Crippen LogP contribution in [0.5, 0.6) is 0 Å². The lowest BCUT2D eigenvalue weighted by Gasteiger charge is -2.22. The quantitative estimate of drug-likeness (QED) is 0.757. The molecule has 0 aliphatic heterocycles. The van der Waals surface area contributed by atoms with Crippen LogP contribution in [0.25, 0.3) is 11.0 Å². The van der Waals surface area contributed by atoms with Gasteiger partial charge in [0.05, 0.1) is 22.8 Å². The highest BCUT2D eigenvalue weighted by atomic mass is 16.2. The third-order valence-corrected chi connectivity index (χ3v) is 4.44. The SMILES string of the molecule is CC[C@H](C)[C@@H](NC(=O)c1cc(C)nn1C)c1nc2ccccc2[nH]1. The smallest absolute Gasteiger partial charge is 0.270 e. The highest BCUT2D eigenvalue weighted by molar-refractivity contribution is 5.93. The Morgan fingerprint density at radius 2 is 2.12 bits per heavy atom. The molecule has 0 saturated carbocycles. The fourth-order valence-corrected chi connectivity index (χ4v) is 2.87. The van der Waals surface area contributed by atoms with Crippen LogP contribution in [0.1, 0.15) is 48.3 Å². The second-order valence-corrected chi connectivity index (χ2v) is 6.27. The number of benzene rings is 1. The number of hydrogen-bond donors (Lipinski definition) is 2. The standard InChI is InChI=1S/C18H23N5O/c1-5-11(2)16(17-19-13-8-6-7-9-14(13)20-17)21-18(24)15-10-12(3)22-23(15)4/h6-11,16H,5H2,1-4H3,(H,19,20)(H,21,24)/t11-,16+/m0/s1. The number of para-hydroxylation sites is 2. The number of aryl methyl sites for hydroxylation is 2. The van der Waals surface area contributed by atoms with Crippen molar-refractivity contribution in [2.24, 2.45) is 13.0 Å². The van der Waals surface area contributed by atoms with E-state index in [4.69, 9.17) is 0 Å². The van der Waals surface area contributed by atoms with Gasteiger partial charge in [-0.3, -0.25) is 9.48 Å². The zero-order valence-electron chi connectivity index (χ0n) is 14.5. The van der Waals surface area contributed by atoms with Gasteiger partial charge in [-0.15, -0.1) is 0 Å². The van der Waals surface area contributed by atoms with Gasteiger partial charge in [-0.1, -0.05) is 32.4 Å². The fourth-order valence-electron chi connectivity index (χ4n) is 2.87. The van der Waals surface area contributed by atoms with Gasteiger partial charge in [-0.05, 0) is 31.0 Å². The van der Waals surface area contributed by atoms with E-state index in [9.17, 15) is 4.79 Å². The second kappa shape index (κ2) is 6.47. The molecule has 0 aliphatic carbocycles. The Hall–Kier alpha value is -2.63. The molecule has 2 aromatic heterocycles. The van der Waals surface area contributed by atoms with Crippen molar-refractivity contribution in [1.29, 1.82) is 0 Å². The minimum Gasteiger partial charge on any atom is -0.340 e. The Balaban J connectivity index is 1.92. The molecule has 0 bridgehead atoms. The summed E-state index contributed by atoms with van der Waals surface area (Å²) in [6, 6.07) is 9.51. The molecular formula is C18H23N5O. The lowest BCUT2D eigenvalue weighted by Crippen LogP contribution is -2.34. The molecule has 126 valence electrons. The van der Waals surface area contributed by atoms with Gasteiger partial charge < -0.3 is 10.3 Å². The first kappa shape index (κ1) is 16.2. The summed E-state index contributed by atoms with van der Waals surface area (Å²) in [5.74, 6) is 0.908. The lowest BCUT2D eigenvalue weighted by molar-refractivity contribution is 0.0911. The zero-order chi connectivity index (χ0) is 17.3. The molecule has 0 saturated heterocycles. The van der Waals surface area contributed by atoms with Gasteiger partial charge in [0.25, 0.3) is 5.91 Å². The third kappa shape index (κ3) is 3.04. The van der Waals surface area contributed by atoms with E-state index in [0.29, 0.717) is 5.69 Å². The van der Waals surface area contributed by atoms with Gasteiger partial charge in [0.15, 0.2) is 0 Å².